The van der Waals surface area contributed by atoms with Crippen molar-refractivity contribution in [3.8, 4) is 11.5 Å². The fraction of sp³-hybridized carbons (Fsp3) is 0. The van der Waals surface area contributed by atoms with Crippen LogP contribution in [0, 0.1) is 0 Å². The molecule has 0 aliphatic rings. The average molecular weight is 322 g/mol. The zero-order chi connectivity index (χ0) is 17.8. The third kappa shape index (κ3) is 6.15. The molecular weight excluding hydrogens is 304 g/mol. The van der Waals surface area contributed by atoms with Crippen LogP contribution in [0.3, 0.4) is 0 Å². The molecule has 0 spiro atoms. The van der Waals surface area contributed by atoms with Crippen LogP contribution in [0.15, 0.2) is 84.9 Å². The predicted molar refractivity (Wildman–Crippen MR) is 93.2 cm³/mol. The fourth-order valence-electron chi connectivity index (χ4n) is 1.80. The van der Waals surface area contributed by atoms with E-state index in [0.717, 1.165) is 0 Å². The molecule has 0 heterocycles. The lowest BCUT2D eigenvalue weighted by Gasteiger charge is -2.00. The third-order valence-corrected chi connectivity index (χ3v) is 2.92. The van der Waals surface area contributed by atoms with Gasteiger partial charge in [-0.25, -0.2) is 0 Å². The molecule has 0 aromatic heterocycles. The number of carbonyl (C=O) groups excluding carboxylic acids is 2. The van der Waals surface area contributed by atoms with Gasteiger partial charge in [0.25, 0.3) is 0 Å². The maximum Gasteiger partial charge on any atom is 0.193 e. The van der Waals surface area contributed by atoms with Crippen molar-refractivity contribution in [1.82, 2.24) is 0 Å². The summed E-state index contributed by atoms with van der Waals surface area (Å²) in [6, 6.07) is 24.0. The Morgan fingerprint density at radius 1 is 0.583 bits per heavy atom. The van der Waals surface area contributed by atoms with E-state index >= 15 is 0 Å². The summed E-state index contributed by atoms with van der Waals surface area (Å²) >= 11 is 0. The topological polar surface area (TPSA) is 74.6 Å². The van der Waals surface area contributed by atoms with Crippen molar-refractivity contribution in [2.24, 2.45) is 0 Å². The number of hydrogen-bond donors (Lipinski definition) is 2. The number of benzene rings is 3. The van der Waals surface area contributed by atoms with Crippen LogP contribution >= 0.6 is 0 Å². The Morgan fingerprint density at radius 3 is 1.38 bits per heavy atom. The van der Waals surface area contributed by atoms with Gasteiger partial charge in [0.05, 0.1) is 0 Å². The van der Waals surface area contributed by atoms with Crippen molar-refractivity contribution in [3.63, 3.8) is 0 Å². The quantitative estimate of drug-likeness (QED) is 0.703. The molecule has 0 radical (unpaired) electrons. The summed E-state index contributed by atoms with van der Waals surface area (Å²) in [4.78, 5) is 19.9. The monoisotopic (exact) mass is 322 g/mol. The van der Waals surface area contributed by atoms with Crippen LogP contribution in [0.5, 0.6) is 11.5 Å². The normalized spacial score (nSPS) is 8.83. The van der Waals surface area contributed by atoms with Crippen molar-refractivity contribution in [2.75, 3.05) is 0 Å². The maximum absolute atomic E-state index is 11.9. The van der Waals surface area contributed by atoms with Crippen molar-refractivity contribution in [3.05, 3.63) is 96.1 Å². The molecule has 0 aliphatic carbocycles. The van der Waals surface area contributed by atoms with Crippen molar-refractivity contribution >= 4 is 12.6 Å². The Labute approximate surface area is 140 Å². The first-order chi connectivity index (χ1) is 11.7. The standard InChI is InChI=1S/C13H10O2.C6H6O.CH2O/c14-12-8-6-11(7-9-12)13(15)10-4-2-1-3-5-10;7-6-4-2-1-3-5-6;1-2/h1-9,14H;1-5,7H;1H2. The molecule has 3 aromatic rings. The molecule has 4 nitrogen and oxygen atoms in total. The second-order valence-electron chi connectivity index (χ2n) is 4.58. The molecule has 0 unspecified atom stereocenters. The van der Waals surface area contributed by atoms with E-state index in [0.29, 0.717) is 16.9 Å². The van der Waals surface area contributed by atoms with Crippen molar-refractivity contribution < 1.29 is 19.8 Å². The van der Waals surface area contributed by atoms with Gasteiger partial charge in [0, 0.05) is 11.1 Å². The average Bonchev–Trinajstić information content (AvgIpc) is 2.65. The van der Waals surface area contributed by atoms with Gasteiger partial charge in [0.2, 0.25) is 0 Å². The molecule has 0 saturated heterocycles. The number of phenolic OH excluding ortho intramolecular Hbond substituents is 2. The van der Waals surface area contributed by atoms with Crippen LogP contribution in [0.25, 0.3) is 0 Å². The molecule has 3 aromatic carbocycles. The van der Waals surface area contributed by atoms with E-state index < -0.39 is 0 Å². The van der Waals surface area contributed by atoms with Crippen LogP contribution < -0.4 is 0 Å². The van der Waals surface area contributed by atoms with Crippen LogP contribution in [0.2, 0.25) is 0 Å². The molecule has 4 heteroatoms. The van der Waals surface area contributed by atoms with Crippen LogP contribution in [-0.2, 0) is 4.79 Å². The highest BCUT2D eigenvalue weighted by Crippen LogP contribution is 2.13. The first-order valence-corrected chi connectivity index (χ1v) is 7.08. The molecule has 0 atom stereocenters. The Morgan fingerprint density at radius 2 is 0.958 bits per heavy atom. The summed E-state index contributed by atoms with van der Waals surface area (Å²) in [5.41, 5.74) is 1.24. The largest absolute Gasteiger partial charge is 0.508 e. The van der Waals surface area contributed by atoms with Gasteiger partial charge in [-0.15, -0.1) is 0 Å². The van der Waals surface area contributed by atoms with E-state index in [1.165, 1.54) is 12.1 Å². The Hall–Kier alpha value is -3.40. The van der Waals surface area contributed by atoms with E-state index in [2.05, 4.69) is 0 Å². The number of carbonyl (C=O) groups is 2. The zero-order valence-electron chi connectivity index (χ0n) is 13.0. The second kappa shape index (κ2) is 10.3. The lowest BCUT2D eigenvalue weighted by Crippen LogP contribution is -1.99. The molecule has 3 rings (SSSR count). The zero-order valence-corrected chi connectivity index (χ0v) is 13.0. The smallest absolute Gasteiger partial charge is 0.193 e. The van der Waals surface area contributed by atoms with Crippen molar-refractivity contribution in [2.45, 2.75) is 0 Å². The number of hydrogen-bond acceptors (Lipinski definition) is 4. The summed E-state index contributed by atoms with van der Waals surface area (Å²) in [6.07, 6.45) is 0. The van der Waals surface area contributed by atoms with E-state index in [9.17, 15) is 4.79 Å². The third-order valence-electron chi connectivity index (χ3n) is 2.92. The SMILES string of the molecule is C=O.O=C(c1ccccc1)c1ccc(O)cc1.Oc1ccccc1. The lowest BCUT2D eigenvalue weighted by atomic mass is 10.0. The minimum absolute atomic E-state index is 0.0319. The number of para-hydroxylation sites is 1. The molecule has 0 fully saturated rings. The van der Waals surface area contributed by atoms with Crippen LogP contribution in [0.4, 0.5) is 0 Å². The Balaban J connectivity index is 0.000000268. The van der Waals surface area contributed by atoms with Gasteiger partial charge >= 0.3 is 0 Å². The van der Waals surface area contributed by atoms with Gasteiger partial charge in [-0.1, -0.05) is 48.5 Å². The van der Waals surface area contributed by atoms with E-state index in [1.54, 1.807) is 48.5 Å². The molecule has 24 heavy (non-hydrogen) atoms. The van der Waals surface area contributed by atoms with Gasteiger partial charge < -0.3 is 15.0 Å². The highest BCUT2D eigenvalue weighted by atomic mass is 16.3. The number of rotatable bonds is 2. The molecule has 0 bridgehead atoms. The minimum atomic E-state index is -0.0319. The van der Waals surface area contributed by atoms with Crippen LogP contribution in [0.1, 0.15) is 15.9 Å². The summed E-state index contributed by atoms with van der Waals surface area (Å²) < 4.78 is 0. The number of aromatic hydroxyl groups is 2. The number of phenols is 2. The molecule has 0 saturated carbocycles. The molecule has 2 N–H and O–H groups in total. The first-order valence-electron chi connectivity index (χ1n) is 7.08. The minimum Gasteiger partial charge on any atom is -0.508 e. The van der Waals surface area contributed by atoms with E-state index in [4.69, 9.17) is 15.0 Å². The van der Waals surface area contributed by atoms with Gasteiger partial charge in [0.15, 0.2) is 5.78 Å². The highest BCUT2D eigenvalue weighted by Gasteiger charge is 2.07. The number of ketones is 1. The van der Waals surface area contributed by atoms with Gasteiger partial charge in [0.1, 0.15) is 18.3 Å². The molecule has 0 aliphatic heterocycles. The van der Waals surface area contributed by atoms with Gasteiger partial charge in [-0.2, -0.15) is 0 Å². The fourth-order valence-corrected chi connectivity index (χ4v) is 1.80. The second-order valence-corrected chi connectivity index (χ2v) is 4.58. The summed E-state index contributed by atoms with van der Waals surface area (Å²) in [7, 11) is 0. The summed E-state index contributed by atoms with van der Waals surface area (Å²) in [5, 5.41) is 17.7. The Bertz CT molecular complexity index is 723. The maximum atomic E-state index is 11.9. The predicted octanol–water partition coefficient (Wildman–Crippen LogP) is 3.83. The molecular formula is C20H18O4. The molecule has 0 amide bonds. The van der Waals surface area contributed by atoms with Crippen molar-refractivity contribution in [1.29, 1.82) is 0 Å². The highest BCUT2D eigenvalue weighted by molar-refractivity contribution is 6.08. The lowest BCUT2D eigenvalue weighted by molar-refractivity contribution is -0.0980. The molecule has 122 valence electrons. The van der Waals surface area contributed by atoms with Gasteiger partial charge in [-0.3, -0.25) is 4.79 Å². The van der Waals surface area contributed by atoms with E-state index in [1.807, 2.05) is 31.1 Å². The first kappa shape index (κ1) is 18.6. The Kier molecular flexibility index (Phi) is 8.04. The van der Waals surface area contributed by atoms with Crippen LogP contribution in [-0.4, -0.2) is 22.8 Å². The summed E-state index contributed by atoms with van der Waals surface area (Å²) in [5.74, 6) is 0.456. The van der Waals surface area contributed by atoms with Gasteiger partial charge in [-0.05, 0) is 36.4 Å². The van der Waals surface area contributed by atoms with E-state index in [-0.39, 0.29) is 11.5 Å². The summed E-state index contributed by atoms with van der Waals surface area (Å²) in [6.45, 7) is 2.00.